The van der Waals surface area contributed by atoms with Gasteiger partial charge in [0.05, 0.1) is 0 Å². The number of nitrogens with zero attached hydrogens (tertiary/aromatic N) is 1. The summed E-state index contributed by atoms with van der Waals surface area (Å²) in [6.07, 6.45) is 3.33. The first-order valence-electron chi connectivity index (χ1n) is 4.52. The second kappa shape index (κ2) is 5.00. The fraction of sp³-hybridized carbons (Fsp3) is 0.500. The summed E-state index contributed by atoms with van der Waals surface area (Å²) in [5, 5.41) is 10.6. The number of rotatable bonds is 4. The molecule has 2 N–H and O–H groups in total. The van der Waals surface area contributed by atoms with Crippen molar-refractivity contribution in [3.8, 4) is 6.07 Å². The van der Waals surface area contributed by atoms with Crippen LogP contribution in [0.5, 0.6) is 0 Å². The number of nitrogens with two attached hydrogens (primary N) is 1. The van der Waals surface area contributed by atoms with E-state index in [0.29, 0.717) is 0 Å². The second-order valence-electron chi connectivity index (χ2n) is 3.10. The average molecular weight is 194 g/mol. The molecule has 0 aromatic carbocycles. The van der Waals surface area contributed by atoms with Crippen LogP contribution in [0, 0.1) is 11.3 Å². The number of hydrogen-bond acceptors (Lipinski definition) is 3. The van der Waals surface area contributed by atoms with Gasteiger partial charge in [-0.25, -0.2) is 0 Å². The van der Waals surface area contributed by atoms with Gasteiger partial charge in [-0.1, -0.05) is 19.8 Å². The maximum absolute atomic E-state index is 8.63. The highest BCUT2D eigenvalue weighted by molar-refractivity contribution is 7.10. The van der Waals surface area contributed by atoms with Gasteiger partial charge in [0.1, 0.15) is 10.9 Å². The number of thiophene rings is 1. The molecule has 1 rings (SSSR count). The molecule has 70 valence electrons. The molecule has 0 aliphatic heterocycles. The number of hydrogen-bond donors (Lipinski definition) is 1. The van der Waals surface area contributed by atoms with E-state index in [1.165, 1.54) is 17.8 Å². The predicted octanol–water partition coefficient (Wildman–Crippen LogP) is 2.81. The zero-order valence-electron chi connectivity index (χ0n) is 7.79. The summed E-state index contributed by atoms with van der Waals surface area (Å²) in [7, 11) is 0. The zero-order chi connectivity index (χ0) is 9.68. The van der Waals surface area contributed by atoms with Crippen molar-refractivity contribution in [3.05, 3.63) is 21.9 Å². The molecule has 2 nitrogen and oxygen atoms in total. The molecule has 0 amide bonds. The zero-order valence-corrected chi connectivity index (χ0v) is 8.60. The van der Waals surface area contributed by atoms with E-state index in [1.54, 1.807) is 0 Å². The highest BCUT2D eigenvalue weighted by Crippen LogP contribution is 2.22. The van der Waals surface area contributed by atoms with Gasteiger partial charge in [-0.05, 0) is 23.4 Å². The Morgan fingerprint density at radius 1 is 1.69 bits per heavy atom. The Morgan fingerprint density at radius 3 is 3.00 bits per heavy atom. The van der Waals surface area contributed by atoms with Crippen molar-refractivity contribution in [2.75, 3.05) is 0 Å². The molecule has 0 bridgehead atoms. The van der Waals surface area contributed by atoms with Crippen molar-refractivity contribution >= 4 is 11.3 Å². The third-order valence-electron chi connectivity index (χ3n) is 2.03. The SMILES string of the molecule is CCCCC(N)c1csc(C#N)c1. The Balaban J connectivity index is 2.56. The van der Waals surface area contributed by atoms with E-state index in [2.05, 4.69) is 13.0 Å². The molecule has 1 unspecified atom stereocenters. The fourth-order valence-electron chi connectivity index (χ4n) is 1.19. The van der Waals surface area contributed by atoms with Crippen LogP contribution in [0.1, 0.15) is 42.7 Å². The lowest BCUT2D eigenvalue weighted by molar-refractivity contribution is 0.605. The summed E-state index contributed by atoms with van der Waals surface area (Å²) in [4.78, 5) is 0.752. The van der Waals surface area contributed by atoms with Crippen molar-refractivity contribution in [2.45, 2.75) is 32.2 Å². The number of nitriles is 1. The van der Waals surface area contributed by atoms with Crippen molar-refractivity contribution in [2.24, 2.45) is 5.73 Å². The van der Waals surface area contributed by atoms with Gasteiger partial charge in [0.2, 0.25) is 0 Å². The van der Waals surface area contributed by atoms with Crippen LogP contribution in [0.3, 0.4) is 0 Å². The van der Waals surface area contributed by atoms with Gasteiger partial charge in [-0.3, -0.25) is 0 Å². The van der Waals surface area contributed by atoms with E-state index < -0.39 is 0 Å². The summed E-state index contributed by atoms with van der Waals surface area (Å²) >= 11 is 1.47. The Morgan fingerprint density at radius 2 is 2.46 bits per heavy atom. The normalized spacial score (nSPS) is 12.4. The lowest BCUT2D eigenvalue weighted by atomic mass is 10.1. The summed E-state index contributed by atoms with van der Waals surface area (Å²) < 4.78 is 0. The van der Waals surface area contributed by atoms with Crippen LogP contribution in [0.25, 0.3) is 0 Å². The van der Waals surface area contributed by atoms with E-state index in [9.17, 15) is 0 Å². The van der Waals surface area contributed by atoms with Gasteiger partial charge < -0.3 is 5.73 Å². The van der Waals surface area contributed by atoms with Crippen molar-refractivity contribution in [1.82, 2.24) is 0 Å². The van der Waals surface area contributed by atoms with E-state index in [1.807, 2.05) is 11.4 Å². The van der Waals surface area contributed by atoms with Gasteiger partial charge in [0, 0.05) is 6.04 Å². The van der Waals surface area contributed by atoms with E-state index in [0.717, 1.165) is 23.3 Å². The van der Waals surface area contributed by atoms with E-state index in [-0.39, 0.29) is 6.04 Å². The van der Waals surface area contributed by atoms with Crippen molar-refractivity contribution < 1.29 is 0 Å². The molecule has 0 fully saturated rings. The third-order valence-corrected chi connectivity index (χ3v) is 2.88. The Hall–Kier alpha value is -0.850. The smallest absolute Gasteiger partial charge is 0.110 e. The lowest BCUT2D eigenvalue weighted by Crippen LogP contribution is -2.08. The molecule has 1 heterocycles. The van der Waals surface area contributed by atoms with Crippen LogP contribution in [0.15, 0.2) is 11.4 Å². The fourth-order valence-corrected chi connectivity index (χ4v) is 1.96. The molecule has 1 atom stereocenters. The molecule has 0 spiro atoms. The molecular formula is C10H14N2S. The Kier molecular flexibility index (Phi) is 3.94. The van der Waals surface area contributed by atoms with Gasteiger partial charge in [0.25, 0.3) is 0 Å². The van der Waals surface area contributed by atoms with Gasteiger partial charge in [-0.2, -0.15) is 5.26 Å². The lowest BCUT2D eigenvalue weighted by Gasteiger charge is -2.07. The van der Waals surface area contributed by atoms with Crippen LogP contribution >= 0.6 is 11.3 Å². The molecule has 1 aromatic heterocycles. The predicted molar refractivity (Wildman–Crippen MR) is 55.5 cm³/mol. The van der Waals surface area contributed by atoms with E-state index >= 15 is 0 Å². The summed E-state index contributed by atoms with van der Waals surface area (Å²) in [5.41, 5.74) is 7.05. The molecular weight excluding hydrogens is 180 g/mol. The van der Waals surface area contributed by atoms with Crippen LogP contribution in [-0.2, 0) is 0 Å². The summed E-state index contributed by atoms with van der Waals surface area (Å²) in [5.74, 6) is 0. The van der Waals surface area contributed by atoms with Crippen LogP contribution in [0.2, 0.25) is 0 Å². The Bertz CT molecular complexity index is 298. The first-order chi connectivity index (χ1) is 6.27. The molecule has 1 aromatic rings. The quantitative estimate of drug-likeness (QED) is 0.801. The topological polar surface area (TPSA) is 49.8 Å². The second-order valence-corrected chi connectivity index (χ2v) is 4.02. The minimum Gasteiger partial charge on any atom is -0.324 e. The van der Waals surface area contributed by atoms with Crippen LogP contribution < -0.4 is 5.73 Å². The molecule has 13 heavy (non-hydrogen) atoms. The first-order valence-corrected chi connectivity index (χ1v) is 5.40. The van der Waals surface area contributed by atoms with Crippen molar-refractivity contribution in [1.29, 1.82) is 5.26 Å². The number of unbranched alkanes of at least 4 members (excludes halogenated alkanes) is 1. The highest BCUT2D eigenvalue weighted by Gasteiger charge is 2.07. The molecule has 3 heteroatoms. The summed E-state index contributed by atoms with van der Waals surface area (Å²) in [6, 6.07) is 4.12. The van der Waals surface area contributed by atoms with E-state index in [4.69, 9.17) is 11.0 Å². The molecule has 0 saturated carbocycles. The maximum Gasteiger partial charge on any atom is 0.110 e. The largest absolute Gasteiger partial charge is 0.324 e. The van der Waals surface area contributed by atoms with Crippen LogP contribution in [-0.4, -0.2) is 0 Å². The monoisotopic (exact) mass is 194 g/mol. The average Bonchev–Trinajstić information content (AvgIpc) is 2.62. The summed E-state index contributed by atoms with van der Waals surface area (Å²) in [6.45, 7) is 2.15. The molecule has 0 radical (unpaired) electrons. The molecule has 0 saturated heterocycles. The minimum absolute atomic E-state index is 0.110. The first kappa shape index (κ1) is 10.2. The maximum atomic E-state index is 8.63. The minimum atomic E-state index is 0.110. The standard InChI is InChI=1S/C10H14N2S/c1-2-3-4-10(12)8-5-9(6-11)13-7-8/h5,7,10H,2-4,12H2,1H3. The Labute approximate surface area is 83.0 Å². The highest BCUT2D eigenvalue weighted by atomic mass is 32.1. The van der Waals surface area contributed by atoms with Crippen molar-refractivity contribution in [3.63, 3.8) is 0 Å². The van der Waals surface area contributed by atoms with Gasteiger partial charge >= 0.3 is 0 Å². The third kappa shape index (κ3) is 2.83. The molecule has 0 aliphatic rings. The molecule has 0 aliphatic carbocycles. The van der Waals surface area contributed by atoms with Crippen LogP contribution in [0.4, 0.5) is 0 Å². The van der Waals surface area contributed by atoms with Gasteiger partial charge in [-0.15, -0.1) is 11.3 Å². The van der Waals surface area contributed by atoms with Gasteiger partial charge in [0.15, 0.2) is 0 Å².